The Kier molecular flexibility index (Phi) is 2.31. The Hall–Kier alpha value is -1.26. The van der Waals surface area contributed by atoms with Crippen LogP contribution < -0.4 is 10.4 Å². The van der Waals surface area contributed by atoms with Crippen molar-refractivity contribution in [2.75, 3.05) is 6.61 Å². The maximum atomic E-state index is 11.6. The van der Waals surface area contributed by atoms with Gasteiger partial charge in [0.2, 0.25) is 0 Å². The van der Waals surface area contributed by atoms with Gasteiger partial charge in [-0.05, 0) is 19.3 Å². The molecule has 1 aromatic rings. The first kappa shape index (κ1) is 9.30. The van der Waals surface area contributed by atoms with E-state index in [0.29, 0.717) is 18.7 Å². The van der Waals surface area contributed by atoms with Crippen molar-refractivity contribution >= 4 is 0 Å². The van der Waals surface area contributed by atoms with Crippen LogP contribution in [0.25, 0.3) is 0 Å². The minimum absolute atomic E-state index is 0.0707. The maximum absolute atomic E-state index is 11.6. The highest BCUT2D eigenvalue weighted by molar-refractivity contribution is 5.00. The summed E-state index contributed by atoms with van der Waals surface area (Å²) in [6, 6.07) is 0.796. The molecule has 0 spiro atoms. The highest BCUT2D eigenvalue weighted by Crippen LogP contribution is 2.35. The molecule has 0 aromatic carbocycles. The largest absolute Gasteiger partial charge is 0.464 e. The zero-order chi connectivity index (χ0) is 10.1. The van der Waals surface area contributed by atoms with Crippen LogP contribution in [0.1, 0.15) is 32.2 Å². The van der Waals surface area contributed by atoms with Gasteiger partial charge in [0.25, 0.3) is 0 Å². The van der Waals surface area contributed by atoms with Crippen molar-refractivity contribution < 1.29 is 4.74 Å². The first-order valence-electron chi connectivity index (χ1n) is 5.02. The lowest BCUT2D eigenvalue weighted by molar-refractivity contribution is 0.275. The van der Waals surface area contributed by atoms with Crippen molar-refractivity contribution in [3.63, 3.8) is 0 Å². The van der Waals surface area contributed by atoms with Crippen LogP contribution in [0.5, 0.6) is 6.01 Å². The van der Waals surface area contributed by atoms with Crippen LogP contribution in [-0.2, 0) is 7.05 Å². The van der Waals surface area contributed by atoms with Crippen LogP contribution in [0.2, 0.25) is 0 Å². The Morgan fingerprint density at radius 2 is 2.29 bits per heavy atom. The molecular formula is C9H15N3O2. The summed E-state index contributed by atoms with van der Waals surface area (Å²) in [5, 5.41) is 4.05. The molecule has 78 valence electrons. The van der Waals surface area contributed by atoms with E-state index in [2.05, 4.69) is 5.10 Å². The Bertz CT molecular complexity index is 376. The van der Waals surface area contributed by atoms with Crippen molar-refractivity contribution in [2.24, 2.45) is 7.05 Å². The Morgan fingerprint density at radius 1 is 1.57 bits per heavy atom. The fourth-order valence-corrected chi connectivity index (χ4v) is 1.39. The molecule has 1 saturated carbocycles. The Balaban J connectivity index is 2.28. The fraction of sp³-hybridized carbons (Fsp3) is 0.778. The third kappa shape index (κ3) is 1.54. The predicted molar refractivity (Wildman–Crippen MR) is 51.5 cm³/mol. The van der Waals surface area contributed by atoms with Crippen LogP contribution >= 0.6 is 0 Å². The highest BCUT2D eigenvalue weighted by Gasteiger charge is 2.30. The minimum Gasteiger partial charge on any atom is -0.464 e. The number of hydrogen-bond acceptors (Lipinski definition) is 3. The number of nitrogens with zero attached hydrogens (tertiary/aromatic N) is 3. The summed E-state index contributed by atoms with van der Waals surface area (Å²) in [4.78, 5) is 11.6. The maximum Gasteiger partial charge on any atom is 0.348 e. The molecule has 14 heavy (non-hydrogen) atoms. The van der Waals surface area contributed by atoms with Crippen molar-refractivity contribution in [2.45, 2.75) is 32.2 Å². The Labute approximate surface area is 82.3 Å². The van der Waals surface area contributed by atoms with E-state index in [-0.39, 0.29) is 5.69 Å². The molecule has 1 aliphatic carbocycles. The highest BCUT2D eigenvalue weighted by atomic mass is 16.5. The van der Waals surface area contributed by atoms with Crippen molar-refractivity contribution in [3.8, 4) is 6.01 Å². The molecule has 0 radical (unpaired) electrons. The van der Waals surface area contributed by atoms with Crippen LogP contribution in [0.4, 0.5) is 0 Å². The van der Waals surface area contributed by atoms with E-state index in [1.54, 1.807) is 11.6 Å². The zero-order valence-electron chi connectivity index (χ0n) is 8.56. The molecular weight excluding hydrogens is 182 g/mol. The zero-order valence-corrected chi connectivity index (χ0v) is 8.56. The molecule has 2 rings (SSSR count). The molecule has 0 aliphatic heterocycles. The van der Waals surface area contributed by atoms with Gasteiger partial charge in [0.05, 0.1) is 6.61 Å². The second kappa shape index (κ2) is 3.48. The molecule has 0 unspecified atom stereocenters. The summed E-state index contributed by atoms with van der Waals surface area (Å²) in [6.45, 7) is 2.64. The molecule has 1 aromatic heterocycles. The van der Waals surface area contributed by atoms with E-state index in [1.165, 1.54) is 4.68 Å². The predicted octanol–water partition coefficient (Wildman–Crippen LogP) is 0.706. The first-order chi connectivity index (χ1) is 6.74. The average Bonchev–Trinajstić information content (AvgIpc) is 2.94. The van der Waals surface area contributed by atoms with Gasteiger partial charge in [0.1, 0.15) is 0 Å². The molecule has 5 heteroatoms. The number of hydrogen-bond donors (Lipinski definition) is 0. The van der Waals surface area contributed by atoms with E-state index >= 15 is 0 Å². The third-order valence-corrected chi connectivity index (χ3v) is 2.27. The normalized spacial score (nSPS) is 15.9. The van der Waals surface area contributed by atoms with Crippen LogP contribution in [0.15, 0.2) is 4.79 Å². The van der Waals surface area contributed by atoms with Gasteiger partial charge in [-0.15, -0.1) is 5.10 Å². The summed E-state index contributed by atoms with van der Waals surface area (Å²) in [6.07, 6.45) is 3.05. The summed E-state index contributed by atoms with van der Waals surface area (Å²) >= 11 is 0. The lowest BCUT2D eigenvalue weighted by Gasteiger charge is -2.03. The van der Waals surface area contributed by atoms with Crippen molar-refractivity contribution in [1.82, 2.24) is 14.3 Å². The minimum atomic E-state index is -0.0707. The van der Waals surface area contributed by atoms with Gasteiger partial charge in [-0.1, -0.05) is 6.92 Å². The average molecular weight is 197 g/mol. The van der Waals surface area contributed by atoms with Gasteiger partial charge in [-0.3, -0.25) is 0 Å². The topological polar surface area (TPSA) is 49.1 Å². The van der Waals surface area contributed by atoms with Crippen molar-refractivity contribution in [3.05, 3.63) is 10.5 Å². The van der Waals surface area contributed by atoms with Gasteiger partial charge in [0, 0.05) is 13.1 Å². The molecule has 0 amide bonds. The smallest absolute Gasteiger partial charge is 0.348 e. The molecule has 1 fully saturated rings. The summed E-state index contributed by atoms with van der Waals surface area (Å²) in [5.74, 6) is 0. The van der Waals surface area contributed by atoms with Gasteiger partial charge in [-0.25, -0.2) is 14.0 Å². The molecule has 0 saturated heterocycles. The van der Waals surface area contributed by atoms with E-state index in [0.717, 1.165) is 19.3 Å². The summed E-state index contributed by atoms with van der Waals surface area (Å²) in [5.41, 5.74) is -0.0707. The third-order valence-electron chi connectivity index (χ3n) is 2.27. The van der Waals surface area contributed by atoms with Gasteiger partial charge >= 0.3 is 11.7 Å². The van der Waals surface area contributed by atoms with E-state index in [1.807, 2.05) is 6.92 Å². The SMILES string of the molecule is CCCOc1nn(C)c(=O)n1C1CC1. The van der Waals surface area contributed by atoms with Crippen LogP contribution in [0, 0.1) is 0 Å². The molecule has 0 atom stereocenters. The monoisotopic (exact) mass is 197 g/mol. The van der Waals surface area contributed by atoms with E-state index in [9.17, 15) is 4.79 Å². The van der Waals surface area contributed by atoms with Gasteiger partial charge < -0.3 is 4.74 Å². The molecule has 1 heterocycles. The molecule has 0 bridgehead atoms. The number of aryl methyl sites for hydroxylation is 1. The second-order valence-corrected chi connectivity index (χ2v) is 3.64. The van der Waals surface area contributed by atoms with E-state index in [4.69, 9.17) is 4.74 Å². The fourth-order valence-electron chi connectivity index (χ4n) is 1.39. The molecule has 0 N–H and O–H groups in total. The number of aromatic nitrogens is 3. The second-order valence-electron chi connectivity index (χ2n) is 3.64. The molecule has 5 nitrogen and oxygen atoms in total. The lowest BCUT2D eigenvalue weighted by atomic mass is 10.5. The van der Waals surface area contributed by atoms with Gasteiger partial charge in [-0.2, -0.15) is 0 Å². The standard InChI is InChI=1S/C9H15N3O2/c1-3-6-14-8-10-11(2)9(13)12(8)7-4-5-7/h7H,3-6H2,1-2H3. The Morgan fingerprint density at radius 3 is 2.86 bits per heavy atom. The quantitative estimate of drug-likeness (QED) is 0.714. The van der Waals surface area contributed by atoms with Crippen LogP contribution in [-0.4, -0.2) is 21.0 Å². The summed E-state index contributed by atoms with van der Waals surface area (Å²) < 4.78 is 8.42. The lowest BCUT2D eigenvalue weighted by Crippen LogP contribution is -2.22. The number of rotatable bonds is 4. The van der Waals surface area contributed by atoms with Crippen LogP contribution in [0.3, 0.4) is 0 Å². The van der Waals surface area contributed by atoms with Crippen molar-refractivity contribution in [1.29, 1.82) is 0 Å². The number of ether oxygens (including phenoxy) is 1. The molecule has 1 aliphatic rings. The summed E-state index contributed by atoms with van der Waals surface area (Å²) in [7, 11) is 1.65. The van der Waals surface area contributed by atoms with E-state index < -0.39 is 0 Å². The van der Waals surface area contributed by atoms with Gasteiger partial charge in [0.15, 0.2) is 0 Å². The first-order valence-corrected chi connectivity index (χ1v) is 5.02.